The molecular formula is C29H23NS2. The third-order valence-corrected chi connectivity index (χ3v) is 8.74. The van der Waals surface area contributed by atoms with Gasteiger partial charge in [0.2, 0.25) is 0 Å². The fourth-order valence-corrected chi connectivity index (χ4v) is 7.30. The van der Waals surface area contributed by atoms with Crippen LogP contribution in [0, 0.1) is 6.92 Å². The summed E-state index contributed by atoms with van der Waals surface area (Å²) in [6.07, 6.45) is 8.88. The van der Waals surface area contributed by atoms with Gasteiger partial charge in [-0.3, -0.25) is 4.99 Å². The zero-order chi connectivity index (χ0) is 21.7. The van der Waals surface area contributed by atoms with Crippen molar-refractivity contribution in [3.63, 3.8) is 0 Å². The molecule has 1 aliphatic heterocycles. The molecule has 6 rings (SSSR count). The molecule has 0 N–H and O–H groups in total. The van der Waals surface area contributed by atoms with E-state index in [0.717, 1.165) is 6.54 Å². The lowest BCUT2D eigenvalue weighted by Gasteiger charge is -2.18. The molecule has 3 heteroatoms. The first-order chi connectivity index (χ1) is 15.7. The number of hydrogen-bond donors (Lipinski definition) is 0. The predicted molar refractivity (Wildman–Crippen MR) is 145 cm³/mol. The van der Waals surface area contributed by atoms with Crippen LogP contribution < -0.4 is 0 Å². The first-order valence-electron chi connectivity index (χ1n) is 11.0. The SMILES string of the molecule is CC=Cc1c(C)sc2c(C3C=C(c4cccc5c4sc4ccccc45)C=NC3)cccc12. The van der Waals surface area contributed by atoms with Crippen molar-refractivity contribution in [3.05, 3.63) is 94.4 Å². The Bertz CT molecular complexity index is 1580. The average Bonchev–Trinajstić information content (AvgIpc) is 3.37. The summed E-state index contributed by atoms with van der Waals surface area (Å²) in [5.74, 6) is 0.292. The van der Waals surface area contributed by atoms with Crippen LogP contribution in [0.25, 0.3) is 41.9 Å². The van der Waals surface area contributed by atoms with Gasteiger partial charge in [-0.1, -0.05) is 72.8 Å². The third kappa shape index (κ3) is 3.08. The Morgan fingerprint density at radius 3 is 2.59 bits per heavy atom. The van der Waals surface area contributed by atoms with E-state index < -0.39 is 0 Å². The van der Waals surface area contributed by atoms with Crippen LogP contribution in [-0.2, 0) is 0 Å². The van der Waals surface area contributed by atoms with E-state index >= 15 is 0 Å². The maximum Gasteiger partial charge on any atom is 0.0493 e. The van der Waals surface area contributed by atoms with Crippen LogP contribution in [0.5, 0.6) is 0 Å². The van der Waals surface area contributed by atoms with Crippen molar-refractivity contribution in [1.29, 1.82) is 0 Å². The summed E-state index contributed by atoms with van der Waals surface area (Å²) in [5, 5.41) is 4.04. The van der Waals surface area contributed by atoms with E-state index in [1.165, 1.54) is 57.4 Å². The number of dihydropyridines is 1. The Balaban J connectivity index is 1.50. The standard InChI is InChI=1S/C29H23NS2/c1-3-8-21-18(2)31-28-22(10-6-12-25(21)28)19-15-20(17-30-16-19)23-11-7-13-26-24-9-4-5-14-27(24)32-29(23)26/h3-15,17,19H,16H2,1-2H3. The summed E-state index contributed by atoms with van der Waals surface area (Å²) in [6, 6.07) is 22.1. The largest absolute Gasteiger partial charge is 0.292 e. The molecule has 1 nitrogen and oxygen atoms in total. The fourth-order valence-electron chi connectivity index (χ4n) is 4.84. The van der Waals surface area contributed by atoms with Crippen molar-refractivity contribution in [2.45, 2.75) is 19.8 Å². The number of thiophene rings is 2. The van der Waals surface area contributed by atoms with Gasteiger partial charge in [0.05, 0.1) is 0 Å². The lowest BCUT2D eigenvalue weighted by atomic mass is 9.91. The summed E-state index contributed by atoms with van der Waals surface area (Å²) in [7, 11) is 0. The minimum absolute atomic E-state index is 0.292. The summed E-state index contributed by atoms with van der Waals surface area (Å²) in [5.41, 5.74) is 5.27. The highest BCUT2D eigenvalue weighted by Gasteiger charge is 2.20. The molecule has 1 unspecified atom stereocenters. The number of fused-ring (bicyclic) bond motifs is 4. The zero-order valence-electron chi connectivity index (χ0n) is 18.1. The zero-order valence-corrected chi connectivity index (χ0v) is 19.8. The minimum Gasteiger partial charge on any atom is -0.292 e. The van der Waals surface area contributed by atoms with Crippen LogP contribution in [0.1, 0.15) is 34.4 Å². The summed E-state index contributed by atoms with van der Waals surface area (Å²) >= 11 is 3.80. The Labute approximate surface area is 196 Å². The van der Waals surface area contributed by atoms with E-state index in [9.17, 15) is 0 Å². The van der Waals surface area contributed by atoms with E-state index in [0.29, 0.717) is 5.92 Å². The Hall–Kier alpha value is -3.01. The molecule has 0 amide bonds. The van der Waals surface area contributed by atoms with Gasteiger partial charge >= 0.3 is 0 Å². The Kier molecular flexibility index (Phi) is 4.82. The number of allylic oxidation sites excluding steroid dienone is 2. The Morgan fingerprint density at radius 1 is 0.875 bits per heavy atom. The van der Waals surface area contributed by atoms with Crippen LogP contribution in [-0.4, -0.2) is 12.8 Å². The maximum absolute atomic E-state index is 4.83. The number of aryl methyl sites for hydroxylation is 1. The van der Waals surface area contributed by atoms with E-state index in [1.54, 1.807) is 0 Å². The Morgan fingerprint density at radius 2 is 1.69 bits per heavy atom. The molecule has 0 saturated heterocycles. The van der Waals surface area contributed by atoms with Crippen LogP contribution in [0.15, 0.2) is 77.8 Å². The molecule has 0 saturated carbocycles. The molecule has 0 aliphatic carbocycles. The van der Waals surface area contributed by atoms with Crippen molar-refractivity contribution in [2.75, 3.05) is 6.54 Å². The lowest BCUT2D eigenvalue weighted by molar-refractivity contribution is 0.857. The van der Waals surface area contributed by atoms with Gasteiger partial charge in [0, 0.05) is 59.4 Å². The van der Waals surface area contributed by atoms with Crippen molar-refractivity contribution in [2.24, 2.45) is 4.99 Å². The number of nitrogens with zero attached hydrogens (tertiary/aromatic N) is 1. The monoisotopic (exact) mass is 449 g/mol. The number of rotatable bonds is 3. The van der Waals surface area contributed by atoms with Gasteiger partial charge in [-0.05, 0) is 36.6 Å². The molecule has 1 atom stereocenters. The first-order valence-corrected chi connectivity index (χ1v) is 12.6. The molecule has 156 valence electrons. The summed E-state index contributed by atoms with van der Waals surface area (Å²) in [4.78, 5) is 6.21. The number of aliphatic imine (C=N–C) groups is 1. The van der Waals surface area contributed by atoms with Gasteiger partial charge in [-0.25, -0.2) is 0 Å². The molecule has 32 heavy (non-hydrogen) atoms. The molecular weight excluding hydrogens is 426 g/mol. The highest BCUT2D eigenvalue weighted by molar-refractivity contribution is 7.26. The molecule has 0 radical (unpaired) electrons. The van der Waals surface area contributed by atoms with Crippen LogP contribution in [0.4, 0.5) is 0 Å². The van der Waals surface area contributed by atoms with Crippen molar-refractivity contribution in [3.8, 4) is 0 Å². The molecule has 1 aliphatic rings. The van der Waals surface area contributed by atoms with Gasteiger partial charge in [0.1, 0.15) is 0 Å². The van der Waals surface area contributed by atoms with E-state index in [-0.39, 0.29) is 0 Å². The van der Waals surface area contributed by atoms with Crippen LogP contribution in [0.2, 0.25) is 0 Å². The van der Waals surface area contributed by atoms with E-state index in [1.807, 2.05) is 22.7 Å². The fraction of sp³-hybridized carbons (Fsp3) is 0.138. The first kappa shape index (κ1) is 19.7. The van der Waals surface area contributed by atoms with Gasteiger partial charge in [0.15, 0.2) is 0 Å². The molecule has 0 bridgehead atoms. The topological polar surface area (TPSA) is 12.4 Å². The van der Waals surface area contributed by atoms with Crippen LogP contribution in [0.3, 0.4) is 0 Å². The van der Waals surface area contributed by atoms with Gasteiger partial charge in [-0.15, -0.1) is 22.7 Å². The highest BCUT2D eigenvalue weighted by atomic mass is 32.1. The lowest BCUT2D eigenvalue weighted by Crippen LogP contribution is -2.06. The molecule has 5 aromatic rings. The van der Waals surface area contributed by atoms with E-state index in [2.05, 4.69) is 99.0 Å². The molecule has 2 aromatic heterocycles. The minimum atomic E-state index is 0.292. The maximum atomic E-state index is 4.83. The van der Waals surface area contributed by atoms with E-state index in [4.69, 9.17) is 4.99 Å². The molecule has 3 heterocycles. The normalized spacial score (nSPS) is 16.6. The summed E-state index contributed by atoms with van der Waals surface area (Å²) < 4.78 is 4.10. The summed E-state index contributed by atoms with van der Waals surface area (Å²) in [6.45, 7) is 5.12. The van der Waals surface area contributed by atoms with Crippen molar-refractivity contribution >= 4 is 70.8 Å². The van der Waals surface area contributed by atoms with Gasteiger partial charge in [-0.2, -0.15) is 0 Å². The second-order valence-corrected chi connectivity index (χ2v) is 10.6. The highest BCUT2D eigenvalue weighted by Crippen LogP contribution is 2.41. The second-order valence-electron chi connectivity index (χ2n) is 8.30. The van der Waals surface area contributed by atoms with Crippen molar-refractivity contribution in [1.82, 2.24) is 0 Å². The number of hydrogen-bond acceptors (Lipinski definition) is 3. The van der Waals surface area contributed by atoms with Crippen LogP contribution >= 0.6 is 22.7 Å². The molecule has 0 spiro atoms. The quantitative estimate of drug-likeness (QED) is 0.261. The predicted octanol–water partition coefficient (Wildman–Crippen LogP) is 8.86. The van der Waals surface area contributed by atoms with Crippen molar-refractivity contribution < 1.29 is 0 Å². The van der Waals surface area contributed by atoms with Gasteiger partial charge < -0.3 is 0 Å². The third-order valence-electron chi connectivity index (χ3n) is 6.33. The smallest absolute Gasteiger partial charge is 0.0493 e. The number of benzene rings is 3. The average molecular weight is 450 g/mol. The van der Waals surface area contributed by atoms with Gasteiger partial charge in [0.25, 0.3) is 0 Å². The molecule has 3 aromatic carbocycles. The second kappa shape index (κ2) is 7.84. The molecule has 0 fully saturated rings.